The molecule has 1 fully saturated rings. The molecule has 2 aliphatic rings. The van der Waals surface area contributed by atoms with E-state index in [1.54, 1.807) is 0 Å². The predicted molar refractivity (Wildman–Crippen MR) is 90.2 cm³/mol. The van der Waals surface area contributed by atoms with Crippen LogP contribution in [0.2, 0.25) is 0 Å². The van der Waals surface area contributed by atoms with Crippen LogP contribution in [-0.4, -0.2) is 42.0 Å². The molecular weight excluding hydrogens is 328 g/mol. The average molecular weight is 350 g/mol. The minimum atomic E-state index is -0.967. The lowest BCUT2D eigenvalue weighted by molar-refractivity contribution is -0.135. The Labute approximate surface area is 145 Å². The molecule has 3 rings (SSSR count). The first-order valence-electron chi connectivity index (χ1n) is 8.48. The van der Waals surface area contributed by atoms with Gasteiger partial charge in [-0.2, -0.15) is 0 Å². The molecule has 1 atom stereocenters. The highest BCUT2D eigenvalue weighted by atomic mass is 32.1. The number of nitrogens with zero attached hydrogens (tertiary/aromatic N) is 1. The van der Waals surface area contributed by atoms with Gasteiger partial charge in [0.2, 0.25) is 0 Å². The lowest BCUT2D eigenvalue weighted by Gasteiger charge is -2.17. The number of hydrogen-bond donors (Lipinski definition) is 1. The summed E-state index contributed by atoms with van der Waals surface area (Å²) < 4.78 is 5.30. The van der Waals surface area contributed by atoms with Gasteiger partial charge in [-0.3, -0.25) is 9.69 Å². The second kappa shape index (κ2) is 7.34. The number of thiophene rings is 1. The average Bonchev–Trinajstić information content (AvgIpc) is 3.12. The molecule has 2 heterocycles. The van der Waals surface area contributed by atoms with Gasteiger partial charge in [-0.25, -0.2) is 9.59 Å². The summed E-state index contributed by atoms with van der Waals surface area (Å²) in [6.07, 6.45) is 5.82. The third kappa shape index (κ3) is 3.61. The highest BCUT2D eigenvalue weighted by Crippen LogP contribution is 2.29. The highest BCUT2D eigenvalue weighted by Gasteiger charge is 2.32. The molecule has 130 valence electrons. The molecule has 0 spiro atoms. The van der Waals surface area contributed by atoms with Crippen molar-refractivity contribution < 1.29 is 19.1 Å². The largest absolute Gasteiger partial charge is 0.448 e. The summed E-state index contributed by atoms with van der Waals surface area (Å²) >= 11 is 1.47. The first-order chi connectivity index (χ1) is 11.6. The van der Waals surface area contributed by atoms with Gasteiger partial charge in [-0.15, -0.1) is 11.3 Å². The van der Waals surface area contributed by atoms with E-state index in [4.69, 9.17) is 4.74 Å². The Kier molecular flexibility index (Phi) is 5.18. The number of carbonyl (C=O) groups is 3. The van der Waals surface area contributed by atoms with Gasteiger partial charge in [0.05, 0.1) is 0 Å². The standard InChI is InChI=1S/C17H22N2O4S/c1-11(15(20)19-9-8-18-17(19)22)23-16(21)14-10-12-6-4-2-3-5-7-13(12)24-14/h10-11H,2-9H2,1H3,(H,18,22). The zero-order chi connectivity index (χ0) is 17.1. The summed E-state index contributed by atoms with van der Waals surface area (Å²) in [4.78, 5) is 39.0. The number of hydrogen-bond acceptors (Lipinski definition) is 5. The number of fused-ring (bicyclic) bond motifs is 1. The van der Waals surface area contributed by atoms with Gasteiger partial charge in [-0.1, -0.05) is 12.8 Å². The Morgan fingerprint density at radius 3 is 2.71 bits per heavy atom. The molecule has 1 aromatic heterocycles. The molecule has 1 N–H and O–H groups in total. The third-order valence-corrected chi connectivity index (χ3v) is 5.67. The summed E-state index contributed by atoms with van der Waals surface area (Å²) in [7, 11) is 0. The lowest BCUT2D eigenvalue weighted by Crippen LogP contribution is -2.41. The van der Waals surface area contributed by atoms with E-state index in [-0.39, 0.29) is 0 Å². The van der Waals surface area contributed by atoms with Crippen LogP contribution < -0.4 is 5.32 Å². The first kappa shape index (κ1) is 17.0. The van der Waals surface area contributed by atoms with Crippen LogP contribution >= 0.6 is 11.3 Å². The van der Waals surface area contributed by atoms with Crippen LogP contribution in [0.5, 0.6) is 0 Å². The van der Waals surface area contributed by atoms with Crippen molar-refractivity contribution in [1.82, 2.24) is 10.2 Å². The van der Waals surface area contributed by atoms with Gasteiger partial charge >= 0.3 is 12.0 Å². The molecule has 1 unspecified atom stereocenters. The molecule has 1 aliphatic heterocycles. The zero-order valence-corrected chi connectivity index (χ0v) is 14.6. The summed E-state index contributed by atoms with van der Waals surface area (Å²) in [5, 5.41) is 2.56. The number of rotatable bonds is 3. The molecule has 6 nitrogen and oxygen atoms in total. The maximum absolute atomic E-state index is 12.4. The van der Waals surface area contributed by atoms with Crippen molar-refractivity contribution in [3.8, 4) is 0 Å². The summed E-state index contributed by atoms with van der Waals surface area (Å²) in [6.45, 7) is 2.26. The summed E-state index contributed by atoms with van der Waals surface area (Å²) in [5.41, 5.74) is 1.24. The minimum absolute atomic E-state index is 0.312. The first-order valence-corrected chi connectivity index (χ1v) is 9.29. The van der Waals surface area contributed by atoms with Crippen molar-refractivity contribution in [2.24, 2.45) is 0 Å². The van der Waals surface area contributed by atoms with Crippen LogP contribution in [0.25, 0.3) is 0 Å². The molecule has 0 radical (unpaired) electrons. The van der Waals surface area contributed by atoms with Gasteiger partial charge in [0.1, 0.15) is 4.88 Å². The number of carbonyl (C=O) groups excluding carboxylic acids is 3. The monoisotopic (exact) mass is 350 g/mol. The fourth-order valence-electron chi connectivity index (χ4n) is 3.12. The maximum Gasteiger partial charge on any atom is 0.349 e. The van der Waals surface area contributed by atoms with E-state index in [0.717, 1.165) is 30.6 Å². The Hall–Kier alpha value is -1.89. The Morgan fingerprint density at radius 2 is 2.00 bits per heavy atom. The summed E-state index contributed by atoms with van der Waals surface area (Å²) in [6, 6.07) is 1.48. The van der Waals surface area contributed by atoms with Gasteiger partial charge < -0.3 is 10.1 Å². The van der Waals surface area contributed by atoms with Crippen LogP contribution in [-0.2, 0) is 22.4 Å². The Balaban J connectivity index is 1.65. The van der Waals surface area contributed by atoms with E-state index in [1.165, 1.54) is 41.5 Å². The van der Waals surface area contributed by atoms with Crippen LogP contribution in [0.3, 0.4) is 0 Å². The van der Waals surface area contributed by atoms with Crippen molar-refractivity contribution in [2.45, 2.75) is 51.6 Å². The molecule has 1 aromatic rings. The molecule has 0 aromatic carbocycles. The van der Waals surface area contributed by atoms with Gasteiger partial charge in [-0.05, 0) is 44.2 Å². The van der Waals surface area contributed by atoms with Crippen molar-refractivity contribution in [3.05, 3.63) is 21.4 Å². The minimum Gasteiger partial charge on any atom is -0.448 e. The Morgan fingerprint density at radius 1 is 1.25 bits per heavy atom. The van der Waals surface area contributed by atoms with Crippen molar-refractivity contribution >= 4 is 29.2 Å². The molecule has 1 saturated heterocycles. The highest BCUT2D eigenvalue weighted by molar-refractivity contribution is 7.14. The number of nitrogens with one attached hydrogen (secondary N) is 1. The van der Waals surface area contributed by atoms with Gasteiger partial charge in [0, 0.05) is 18.0 Å². The fraction of sp³-hybridized carbons (Fsp3) is 0.588. The number of esters is 1. The second-order valence-electron chi connectivity index (χ2n) is 6.24. The fourth-order valence-corrected chi connectivity index (χ4v) is 4.25. The van der Waals surface area contributed by atoms with E-state index in [2.05, 4.69) is 5.32 Å². The smallest absolute Gasteiger partial charge is 0.349 e. The molecule has 7 heteroatoms. The topological polar surface area (TPSA) is 75.7 Å². The number of ether oxygens (including phenoxy) is 1. The van der Waals surface area contributed by atoms with Crippen molar-refractivity contribution in [2.75, 3.05) is 13.1 Å². The van der Waals surface area contributed by atoms with Crippen LogP contribution in [0.1, 0.15) is 52.7 Å². The quantitative estimate of drug-likeness (QED) is 0.850. The number of aryl methyl sites for hydroxylation is 2. The van der Waals surface area contributed by atoms with Crippen molar-refractivity contribution in [1.29, 1.82) is 0 Å². The van der Waals surface area contributed by atoms with E-state index in [1.807, 2.05) is 6.07 Å². The molecule has 0 bridgehead atoms. The summed E-state index contributed by atoms with van der Waals surface area (Å²) in [5.74, 6) is -0.958. The molecule has 3 amide bonds. The van der Waals surface area contributed by atoms with Gasteiger partial charge in [0.15, 0.2) is 6.10 Å². The van der Waals surface area contributed by atoms with E-state index < -0.39 is 24.0 Å². The van der Waals surface area contributed by atoms with E-state index in [0.29, 0.717) is 18.0 Å². The molecule has 1 aliphatic carbocycles. The Bertz CT molecular complexity index is 630. The normalized spacial score (nSPS) is 19.0. The number of urea groups is 1. The molecule has 0 saturated carbocycles. The SMILES string of the molecule is CC(OC(=O)c1cc2c(s1)CCCCCC2)C(=O)N1CCNC1=O. The van der Waals surface area contributed by atoms with Crippen LogP contribution in [0.15, 0.2) is 6.07 Å². The van der Waals surface area contributed by atoms with Crippen LogP contribution in [0.4, 0.5) is 4.79 Å². The number of imide groups is 1. The predicted octanol–water partition coefficient (Wildman–Crippen LogP) is 2.50. The zero-order valence-electron chi connectivity index (χ0n) is 13.8. The van der Waals surface area contributed by atoms with E-state index in [9.17, 15) is 14.4 Å². The van der Waals surface area contributed by atoms with Crippen molar-refractivity contribution in [3.63, 3.8) is 0 Å². The molecular formula is C17H22N2O4S. The second-order valence-corrected chi connectivity index (χ2v) is 7.38. The maximum atomic E-state index is 12.4. The lowest BCUT2D eigenvalue weighted by atomic mass is 10.00. The third-order valence-electron chi connectivity index (χ3n) is 4.45. The molecule has 24 heavy (non-hydrogen) atoms. The number of amides is 3. The van der Waals surface area contributed by atoms with E-state index >= 15 is 0 Å². The van der Waals surface area contributed by atoms with Gasteiger partial charge in [0.25, 0.3) is 5.91 Å². The van der Waals surface area contributed by atoms with Crippen LogP contribution in [0, 0.1) is 0 Å².